The van der Waals surface area contributed by atoms with Crippen LogP contribution in [0.5, 0.6) is 0 Å². The first-order valence-electron chi connectivity index (χ1n) is 9.27. The molecule has 2 N–H and O–H groups in total. The molecule has 0 spiro atoms. The lowest BCUT2D eigenvalue weighted by Gasteiger charge is -2.09. The molecule has 0 saturated carbocycles. The van der Waals surface area contributed by atoms with Gasteiger partial charge in [-0.1, -0.05) is 0 Å². The van der Waals surface area contributed by atoms with Crippen molar-refractivity contribution in [2.24, 2.45) is 0 Å². The Bertz CT molecular complexity index is 1270. The van der Waals surface area contributed by atoms with E-state index in [2.05, 4.69) is 10.0 Å². The van der Waals surface area contributed by atoms with Crippen LogP contribution in [0.25, 0.3) is 0 Å². The number of hydrogen-bond acceptors (Lipinski definition) is 6. The smallest absolute Gasteiger partial charge is 0.348 e. The van der Waals surface area contributed by atoms with Crippen molar-refractivity contribution in [2.45, 2.75) is 18.7 Å². The molecule has 0 saturated heterocycles. The standard InChI is InChI=1S/C21H18F2N2O5S2/c1-3-30-21(27)19-12(2)10-18(31-19)24-20(26)13-4-6-14(7-5-13)25-32(28,29)15-8-9-16(22)17(23)11-15/h4-11,25H,3H2,1-2H3,(H,24,26). The Labute approximate surface area is 187 Å². The minimum absolute atomic E-state index is 0.128. The number of anilines is 2. The summed E-state index contributed by atoms with van der Waals surface area (Å²) in [5, 5.41) is 3.13. The Morgan fingerprint density at radius 2 is 1.72 bits per heavy atom. The van der Waals surface area contributed by atoms with Gasteiger partial charge in [0.1, 0.15) is 4.88 Å². The average molecular weight is 481 g/mol. The molecule has 1 aromatic heterocycles. The molecule has 0 aliphatic carbocycles. The van der Waals surface area contributed by atoms with Crippen LogP contribution in [0, 0.1) is 18.6 Å². The summed E-state index contributed by atoms with van der Waals surface area (Å²) in [4.78, 5) is 24.3. The molecule has 0 unspecified atom stereocenters. The molecule has 1 amide bonds. The minimum Gasteiger partial charge on any atom is -0.462 e. The minimum atomic E-state index is -4.15. The van der Waals surface area contributed by atoms with Gasteiger partial charge in [-0.05, 0) is 67.9 Å². The zero-order valence-electron chi connectivity index (χ0n) is 16.9. The van der Waals surface area contributed by atoms with Crippen molar-refractivity contribution >= 4 is 43.9 Å². The van der Waals surface area contributed by atoms with Crippen LogP contribution in [-0.4, -0.2) is 26.9 Å². The van der Waals surface area contributed by atoms with E-state index in [1.807, 2.05) is 0 Å². The van der Waals surface area contributed by atoms with E-state index in [0.717, 1.165) is 23.5 Å². The third-order valence-corrected chi connectivity index (χ3v) is 6.73. The van der Waals surface area contributed by atoms with E-state index in [-0.39, 0.29) is 17.9 Å². The van der Waals surface area contributed by atoms with Crippen molar-refractivity contribution in [3.05, 3.63) is 76.2 Å². The molecule has 3 rings (SSSR count). The number of esters is 1. The molecule has 0 radical (unpaired) electrons. The van der Waals surface area contributed by atoms with E-state index in [4.69, 9.17) is 4.74 Å². The van der Waals surface area contributed by atoms with Gasteiger partial charge in [-0.15, -0.1) is 11.3 Å². The lowest BCUT2D eigenvalue weighted by atomic mass is 10.2. The molecule has 0 atom stereocenters. The predicted molar refractivity (Wildman–Crippen MR) is 117 cm³/mol. The number of thiophene rings is 1. The second kappa shape index (κ2) is 9.45. The van der Waals surface area contributed by atoms with E-state index in [9.17, 15) is 26.8 Å². The maximum Gasteiger partial charge on any atom is 0.348 e. The number of halogens is 2. The number of hydrogen-bond donors (Lipinski definition) is 2. The molecule has 0 aliphatic heterocycles. The summed E-state index contributed by atoms with van der Waals surface area (Å²) in [6.45, 7) is 3.67. The van der Waals surface area contributed by atoms with E-state index < -0.39 is 38.4 Å². The predicted octanol–water partition coefficient (Wildman–Crippen LogP) is 4.56. The van der Waals surface area contributed by atoms with Gasteiger partial charge in [0.05, 0.1) is 16.5 Å². The lowest BCUT2D eigenvalue weighted by molar-refractivity contribution is 0.0531. The Morgan fingerprint density at radius 1 is 1.03 bits per heavy atom. The summed E-state index contributed by atoms with van der Waals surface area (Å²) in [6, 6.07) is 9.39. The van der Waals surface area contributed by atoms with Gasteiger partial charge >= 0.3 is 5.97 Å². The average Bonchev–Trinajstić information content (AvgIpc) is 3.10. The molecule has 3 aromatic rings. The molecular weight excluding hydrogens is 462 g/mol. The number of amides is 1. The molecule has 168 valence electrons. The van der Waals surface area contributed by atoms with E-state index in [1.54, 1.807) is 19.9 Å². The zero-order chi connectivity index (χ0) is 23.5. The van der Waals surface area contributed by atoms with E-state index in [1.165, 1.54) is 24.3 Å². The highest BCUT2D eigenvalue weighted by Gasteiger charge is 2.18. The number of benzene rings is 2. The van der Waals surface area contributed by atoms with Gasteiger partial charge in [-0.25, -0.2) is 22.0 Å². The first kappa shape index (κ1) is 23.4. The number of nitrogens with one attached hydrogen (secondary N) is 2. The van der Waals surface area contributed by atoms with Crippen molar-refractivity contribution in [1.29, 1.82) is 0 Å². The molecule has 0 aliphatic rings. The largest absolute Gasteiger partial charge is 0.462 e. The van der Waals surface area contributed by atoms with Gasteiger partial charge < -0.3 is 10.1 Å². The molecule has 0 fully saturated rings. The molecule has 1 heterocycles. The zero-order valence-corrected chi connectivity index (χ0v) is 18.6. The number of ether oxygens (including phenoxy) is 1. The second-order valence-electron chi connectivity index (χ2n) is 6.56. The van der Waals surface area contributed by atoms with Gasteiger partial charge in [0.15, 0.2) is 11.6 Å². The lowest BCUT2D eigenvalue weighted by Crippen LogP contribution is -2.14. The number of carbonyl (C=O) groups excluding carboxylic acids is 2. The molecule has 0 bridgehead atoms. The summed E-state index contributed by atoms with van der Waals surface area (Å²) >= 11 is 1.09. The maximum absolute atomic E-state index is 13.3. The summed E-state index contributed by atoms with van der Waals surface area (Å²) in [5.74, 6) is -3.37. The summed E-state index contributed by atoms with van der Waals surface area (Å²) in [7, 11) is -4.15. The van der Waals surface area contributed by atoms with Gasteiger partial charge in [0, 0.05) is 11.3 Å². The Kier molecular flexibility index (Phi) is 6.90. The highest BCUT2D eigenvalue weighted by Crippen LogP contribution is 2.28. The quantitative estimate of drug-likeness (QED) is 0.483. The van der Waals surface area contributed by atoms with Crippen molar-refractivity contribution < 1.29 is 31.5 Å². The fraction of sp³-hybridized carbons (Fsp3) is 0.143. The SMILES string of the molecule is CCOC(=O)c1sc(NC(=O)c2ccc(NS(=O)(=O)c3ccc(F)c(F)c3)cc2)cc1C. The van der Waals surface area contributed by atoms with Crippen LogP contribution in [0.1, 0.15) is 32.5 Å². The van der Waals surface area contributed by atoms with Gasteiger partial charge in [0.25, 0.3) is 15.9 Å². The first-order valence-corrected chi connectivity index (χ1v) is 11.6. The summed E-state index contributed by atoms with van der Waals surface area (Å²) < 4.78 is 58.3. The van der Waals surface area contributed by atoms with Crippen LogP contribution in [0.2, 0.25) is 0 Å². The van der Waals surface area contributed by atoms with Crippen LogP contribution in [0.4, 0.5) is 19.5 Å². The van der Waals surface area contributed by atoms with Crippen molar-refractivity contribution in [3.63, 3.8) is 0 Å². The third-order valence-electron chi connectivity index (χ3n) is 4.22. The van der Waals surface area contributed by atoms with Crippen LogP contribution in [0.15, 0.2) is 53.4 Å². The highest BCUT2D eigenvalue weighted by molar-refractivity contribution is 7.92. The van der Waals surface area contributed by atoms with Crippen LogP contribution in [-0.2, 0) is 14.8 Å². The fourth-order valence-corrected chi connectivity index (χ4v) is 4.71. The topological polar surface area (TPSA) is 102 Å². The third kappa shape index (κ3) is 5.29. The van der Waals surface area contributed by atoms with Crippen molar-refractivity contribution in [3.8, 4) is 0 Å². The number of rotatable bonds is 7. The van der Waals surface area contributed by atoms with Gasteiger partial charge in [-0.2, -0.15) is 0 Å². The Morgan fingerprint density at radius 3 is 2.34 bits per heavy atom. The second-order valence-corrected chi connectivity index (χ2v) is 9.29. The van der Waals surface area contributed by atoms with E-state index >= 15 is 0 Å². The molecule has 32 heavy (non-hydrogen) atoms. The van der Waals surface area contributed by atoms with Gasteiger partial charge in [-0.3, -0.25) is 9.52 Å². The van der Waals surface area contributed by atoms with Crippen LogP contribution < -0.4 is 10.0 Å². The Balaban J connectivity index is 1.70. The van der Waals surface area contributed by atoms with Crippen molar-refractivity contribution in [2.75, 3.05) is 16.6 Å². The number of sulfonamides is 1. The monoisotopic (exact) mass is 480 g/mol. The maximum atomic E-state index is 13.3. The number of carbonyl (C=O) groups is 2. The first-order chi connectivity index (χ1) is 15.1. The summed E-state index contributed by atoms with van der Waals surface area (Å²) in [6.07, 6.45) is 0. The molecule has 7 nitrogen and oxygen atoms in total. The number of aryl methyl sites for hydroxylation is 1. The normalized spacial score (nSPS) is 11.1. The van der Waals surface area contributed by atoms with E-state index in [0.29, 0.717) is 21.5 Å². The Hall–Kier alpha value is -3.31. The van der Waals surface area contributed by atoms with Gasteiger partial charge in [0.2, 0.25) is 0 Å². The van der Waals surface area contributed by atoms with Crippen LogP contribution >= 0.6 is 11.3 Å². The van der Waals surface area contributed by atoms with Crippen molar-refractivity contribution in [1.82, 2.24) is 0 Å². The molecular formula is C21H18F2N2O5S2. The molecule has 2 aromatic carbocycles. The fourth-order valence-electron chi connectivity index (χ4n) is 2.67. The molecule has 11 heteroatoms. The highest BCUT2D eigenvalue weighted by atomic mass is 32.2. The van der Waals surface area contributed by atoms with Crippen LogP contribution in [0.3, 0.4) is 0 Å². The summed E-state index contributed by atoms with van der Waals surface area (Å²) in [5.41, 5.74) is 1.04.